The summed E-state index contributed by atoms with van der Waals surface area (Å²) in [5.74, 6) is 0. The van der Waals surface area contributed by atoms with Gasteiger partial charge in [-0.1, -0.05) is 49.7 Å². The quantitative estimate of drug-likeness (QED) is 0.881. The average molecular weight is 306 g/mol. The molecule has 21 heavy (non-hydrogen) atoms. The van der Waals surface area contributed by atoms with Gasteiger partial charge in [0.1, 0.15) is 0 Å². The zero-order valence-electron chi connectivity index (χ0n) is 13.3. The van der Waals surface area contributed by atoms with Crippen molar-refractivity contribution >= 4 is 11.6 Å². The molecule has 4 heteroatoms. The molecule has 0 spiro atoms. The van der Waals surface area contributed by atoms with Crippen LogP contribution in [0.15, 0.2) is 24.3 Å². The van der Waals surface area contributed by atoms with E-state index in [0.29, 0.717) is 6.04 Å². The van der Waals surface area contributed by atoms with E-state index in [-0.39, 0.29) is 0 Å². The van der Waals surface area contributed by atoms with Gasteiger partial charge in [-0.05, 0) is 37.9 Å². The van der Waals surface area contributed by atoms with Crippen LogP contribution < -0.4 is 5.32 Å². The Kier molecular flexibility index (Phi) is 5.43. The molecule has 0 fully saturated rings. The molecule has 1 aromatic carbocycles. The van der Waals surface area contributed by atoms with Crippen LogP contribution in [-0.2, 0) is 13.0 Å². The monoisotopic (exact) mass is 305 g/mol. The maximum Gasteiger partial charge on any atom is 0.0844 e. The fraction of sp³-hybridized carbons (Fsp3) is 0.471. The summed E-state index contributed by atoms with van der Waals surface area (Å²) in [6, 6.07) is 9.08. The number of rotatable bonds is 6. The predicted molar refractivity (Wildman–Crippen MR) is 89.1 cm³/mol. The molecule has 1 N–H and O–H groups in total. The van der Waals surface area contributed by atoms with Crippen molar-refractivity contribution in [1.82, 2.24) is 15.1 Å². The van der Waals surface area contributed by atoms with E-state index in [0.717, 1.165) is 35.9 Å². The van der Waals surface area contributed by atoms with Gasteiger partial charge in [-0.15, -0.1) is 0 Å². The third-order valence-corrected chi connectivity index (χ3v) is 4.23. The van der Waals surface area contributed by atoms with Gasteiger partial charge in [0.15, 0.2) is 0 Å². The van der Waals surface area contributed by atoms with Gasteiger partial charge in [0.2, 0.25) is 0 Å². The minimum absolute atomic E-state index is 0.520. The van der Waals surface area contributed by atoms with Crippen LogP contribution in [0.2, 0.25) is 5.02 Å². The topological polar surface area (TPSA) is 29.9 Å². The van der Waals surface area contributed by atoms with Crippen molar-refractivity contribution in [3.05, 3.63) is 51.8 Å². The van der Waals surface area contributed by atoms with Gasteiger partial charge in [-0.25, -0.2) is 0 Å². The molecule has 0 atom stereocenters. The van der Waals surface area contributed by atoms with Crippen LogP contribution >= 0.6 is 11.6 Å². The van der Waals surface area contributed by atoms with Crippen molar-refractivity contribution in [3.63, 3.8) is 0 Å². The zero-order chi connectivity index (χ0) is 15.4. The highest BCUT2D eigenvalue weighted by Gasteiger charge is 2.11. The molecule has 1 aromatic heterocycles. The van der Waals surface area contributed by atoms with E-state index >= 15 is 0 Å². The molecule has 0 unspecified atom stereocenters. The molecule has 0 radical (unpaired) electrons. The van der Waals surface area contributed by atoms with Gasteiger partial charge in [-0.3, -0.25) is 4.68 Å². The van der Waals surface area contributed by atoms with Crippen molar-refractivity contribution < 1.29 is 0 Å². The van der Waals surface area contributed by atoms with Crippen molar-refractivity contribution in [2.75, 3.05) is 6.54 Å². The van der Waals surface area contributed by atoms with Gasteiger partial charge in [0, 0.05) is 6.04 Å². The largest absolute Gasteiger partial charge is 0.314 e. The SMILES string of the molecule is Cc1nn(Cc2ccccc2CCNC(C)C)c(C)c1Cl. The number of aryl methyl sites for hydroxylation is 1. The summed E-state index contributed by atoms with van der Waals surface area (Å²) in [7, 11) is 0. The summed E-state index contributed by atoms with van der Waals surface area (Å²) in [5.41, 5.74) is 4.61. The Hall–Kier alpha value is -1.32. The Balaban J connectivity index is 2.14. The first-order valence-electron chi connectivity index (χ1n) is 7.48. The lowest BCUT2D eigenvalue weighted by molar-refractivity contribution is 0.586. The minimum atomic E-state index is 0.520. The molecule has 0 aliphatic rings. The highest BCUT2D eigenvalue weighted by molar-refractivity contribution is 6.31. The molecule has 2 rings (SSSR count). The smallest absolute Gasteiger partial charge is 0.0844 e. The van der Waals surface area contributed by atoms with Crippen LogP contribution in [-0.4, -0.2) is 22.4 Å². The number of nitrogens with one attached hydrogen (secondary N) is 1. The van der Waals surface area contributed by atoms with Crippen molar-refractivity contribution in [1.29, 1.82) is 0 Å². The Morgan fingerprint density at radius 2 is 1.86 bits per heavy atom. The van der Waals surface area contributed by atoms with E-state index < -0.39 is 0 Å². The molecular formula is C17H24ClN3. The van der Waals surface area contributed by atoms with Gasteiger partial charge >= 0.3 is 0 Å². The lowest BCUT2D eigenvalue weighted by Gasteiger charge is -2.12. The summed E-state index contributed by atoms with van der Waals surface area (Å²) >= 11 is 6.23. The fourth-order valence-electron chi connectivity index (χ4n) is 2.44. The second-order valence-corrected chi connectivity index (χ2v) is 6.15. The third kappa shape index (κ3) is 4.08. The molecule has 0 aliphatic heterocycles. The zero-order valence-corrected chi connectivity index (χ0v) is 14.0. The first-order valence-corrected chi connectivity index (χ1v) is 7.86. The van der Waals surface area contributed by atoms with Gasteiger partial charge in [-0.2, -0.15) is 5.10 Å². The fourth-order valence-corrected chi connectivity index (χ4v) is 2.58. The molecular weight excluding hydrogens is 282 g/mol. The second-order valence-electron chi connectivity index (χ2n) is 5.77. The number of nitrogens with zero attached hydrogens (tertiary/aromatic N) is 2. The van der Waals surface area contributed by atoms with Crippen LogP contribution in [0.4, 0.5) is 0 Å². The van der Waals surface area contributed by atoms with Crippen LogP contribution in [0.3, 0.4) is 0 Å². The summed E-state index contributed by atoms with van der Waals surface area (Å²) < 4.78 is 1.99. The summed E-state index contributed by atoms with van der Waals surface area (Å²) in [6.07, 6.45) is 1.03. The lowest BCUT2D eigenvalue weighted by atomic mass is 10.0. The summed E-state index contributed by atoms with van der Waals surface area (Å²) in [5, 5.41) is 8.76. The molecule has 114 valence electrons. The van der Waals surface area contributed by atoms with E-state index in [1.54, 1.807) is 0 Å². The van der Waals surface area contributed by atoms with E-state index in [2.05, 4.69) is 48.5 Å². The number of hydrogen-bond acceptors (Lipinski definition) is 2. The number of halogens is 1. The normalized spacial score (nSPS) is 11.3. The van der Waals surface area contributed by atoms with Gasteiger partial charge in [0.05, 0.1) is 23.0 Å². The number of hydrogen-bond donors (Lipinski definition) is 1. The highest BCUT2D eigenvalue weighted by atomic mass is 35.5. The van der Waals surface area contributed by atoms with Gasteiger partial charge < -0.3 is 5.32 Å². The first-order chi connectivity index (χ1) is 9.99. The first kappa shape index (κ1) is 16.1. The number of benzene rings is 1. The van der Waals surface area contributed by atoms with Crippen molar-refractivity contribution in [2.24, 2.45) is 0 Å². The van der Waals surface area contributed by atoms with Gasteiger partial charge in [0.25, 0.3) is 0 Å². The van der Waals surface area contributed by atoms with Crippen LogP contribution in [0.25, 0.3) is 0 Å². The molecule has 0 amide bonds. The molecule has 3 nitrogen and oxygen atoms in total. The summed E-state index contributed by atoms with van der Waals surface area (Å²) in [4.78, 5) is 0. The standard InChI is InChI=1S/C17H24ClN3/c1-12(2)19-10-9-15-7-5-6-8-16(15)11-21-14(4)17(18)13(3)20-21/h5-8,12,19H,9-11H2,1-4H3. The molecule has 0 saturated heterocycles. The predicted octanol–water partition coefficient (Wildman–Crippen LogP) is 3.74. The van der Waals surface area contributed by atoms with Crippen LogP contribution in [0, 0.1) is 13.8 Å². The number of aromatic nitrogens is 2. The maximum atomic E-state index is 6.23. The molecule has 0 aliphatic carbocycles. The van der Waals surface area contributed by atoms with E-state index in [1.165, 1.54) is 11.1 Å². The second kappa shape index (κ2) is 7.10. The summed E-state index contributed by atoms with van der Waals surface area (Å²) in [6.45, 7) is 10.1. The van der Waals surface area contributed by atoms with E-state index in [4.69, 9.17) is 11.6 Å². The third-order valence-electron chi connectivity index (χ3n) is 3.68. The Bertz CT molecular complexity index is 602. The molecule has 1 heterocycles. The van der Waals surface area contributed by atoms with Crippen LogP contribution in [0.1, 0.15) is 36.4 Å². The average Bonchev–Trinajstić information content (AvgIpc) is 2.68. The Morgan fingerprint density at radius 3 is 2.43 bits per heavy atom. The molecule has 0 saturated carbocycles. The Morgan fingerprint density at radius 1 is 1.19 bits per heavy atom. The van der Waals surface area contributed by atoms with Crippen molar-refractivity contribution in [3.8, 4) is 0 Å². The van der Waals surface area contributed by atoms with E-state index in [1.807, 2.05) is 18.5 Å². The maximum absolute atomic E-state index is 6.23. The Labute approximate surface area is 132 Å². The molecule has 0 bridgehead atoms. The lowest BCUT2D eigenvalue weighted by Crippen LogP contribution is -2.25. The van der Waals surface area contributed by atoms with E-state index in [9.17, 15) is 0 Å². The van der Waals surface area contributed by atoms with Crippen LogP contribution in [0.5, 0.6) is 0 Å². The van der Waals surface area contributed by atoms with Crippen molar-refractivity contribution in [2.45, 2.75) is 46.7 Å². The molecule has 2 aromatic rings. The minimum Gasteiger partial charge on any atom is -0.314 e. The highest BCUT2D eigenvalue weighted by Crippen LogP contribution is 2.20.